The summed E-state index contributed by atoms with van der Waals surface area (Å²) >= 11 is 6.93. The van der Waals surface area contributed by atoms with Gasteiger partial charge in [-0.3, -0.25) is 20.2 Å². The number of carbonyl (C=O) groups is 3. The number of nitrogens with zero attached hydrogens (tertiary/aromatic N) is 1. The summed E-state index contributed by atoms with van der Waals surface area (Å²) in [6.07, 6.45) is 0.330. The Balaban J connectivity index is 2.38. The first-order chi connectivity index (χ1) is 8.47. The van der Waals surface area contributed by atoms with E-state index in [1.807, 2.05) is 0 Å². The summed E-state index contributed by atoms with van der Waals surface area (Å²) in [6, 6.07) is 0. The van der Waals surface area contributed by atoms with Gasteiger partial charge in [0.1, 0.15) is 11.1 Å². The highest BCUT2D eigenvalue weighted by atomic mass is 35.5. The van der Waals surface area contributed by atoms with Crippen LogP contribution in [-0.4, -0.2) is 51.0 Å². The highest BCUT2D eigenvalue weighted by molar-refractivity contribution is 8.00. The Morgan fingerprint density at radius 3 is 2.94 bits per heavy atom. The van der Waals surface area contributed by atoms with Gasteiger partial charge in [0.05, 0.1) is 0 Å². The predicted octanol–water partition coefficient (Wildman–Crippen LogP) is -1.12. The zero-order valence-electron chi connectivity index (χ0n) is 9.05. The molecule has 0 aromatic carbocycles. The molecule has 0 radical (unpaired) electrons. The van der Waals surface area contributed by atoms with Crippen molar-refractivity contribution in [3.05, 3.63) is 11.3 Å². The number of hydrogen-bond acceptors (Lipinski definition) is 5. The van der Waals surface area contributed by atoms with Crippen LogP contribution in [0.25, 0.3) is 0 Å². The van der Waals surface area contributed by atoms with E-state index in [2.05, 4.69) is 5.32 Å². The number of amides is 2. The molecule has 0 spiro atoms. The lowest BCUT2D eigenvalue weighted by molar-refractivity contribution is -0.157. The molecule has 1 fully saturated rings. The second-order valence-corrected chi connectivity index (χ2v) is 5.20. The number of carboxylic acids is 1. The number of hydrogen-bond donors (Lipinski definition) is 3. The lowest BCUT2D eigenvalue weighted by Crippen LogP contribution is -2.83. The number of aliphatic carboxylic acids is 1. The first kappa shape index (κ1) is 13.2. The molecule has 2 amide bonds. The number of carboxylic acid groups (broad SMARTS) is 1. The molecule has 18 heavy (non-hydrogen) atoms. The van der Waals surface area contributed by atoms with Crippen molar-refractivity contribution >= 4 is 41.6 Å². The highest BCUT2D eigenvalue weighted by Crippen LogP contribution is 2.43. The van der Waals surface area contributed by atoms with Crippen molar-refractivity contribution in [2.45, 2.75) is 11.0 Å². The summed E-state index contributed by atoms with van der Waals surface area (Å²) < 4.78 is 0. The number of fused-ring (bicyclic) bond motifs is 1. The van der Waals surface area contributed by atoms with Crippen molar-refractivity contribution in [1.29, 1.82) is 0 Å². The number of nitrogens with two attached hydrogens (primary N) is 1. The van der Waals surface area contributed by atoms with Gasteiger partial charge in [-0.05, 0) is 5.57 Å². The normalized spacial score (nSPS) is 30.7. The van der Waals surface area contributed by atoms with Crippen LogP contribution in [0.5, 0.6) is 0 Å². The van der Waals surface area contributed by atoms with E-state index >= 15 is 0 Å². The molecule has 0 unspecified atom stereocenters. The average Bonchev–Trinajstić information content (AvgIpc) is 2.36. The van der Waals surface area contributed by atoms with Crippen LogP contribution in [0.1, 0.15) is 0 Å². The molecule has 2 aliphatic rings. The fourth-order valence-electron chi connectivity index (χ4n) is 1.98. The molecular weight excluding hydrogens is 282 g/mol. The van der Waals surface area contributed by atoms with Gasteiger partial charge in [-0.25, -0.2) is 4.79 Å². The Kier molecular flexibility index (Phi) is 3.26. The number of thioether (sulfide) groups is 1. The Bertz CT molecular complexity index is 469. The van der Waals surface area contributed by atoms with Crippen molar-refractivity contribution in [2.24, 2.45) is 5.73 Å². The van der Waals surface area contributed by atoms with Gasteiger partial charge in [0, 0.05) is 11.6 Å². The zero-order chi connectivity index (χ0) is 13.5. The Hall–Kier alpha value is -1.25. The maximum absolute atomic E-state index is 11.9. The van der Waals surface area contributed by atoms with E-state index in [4.69, 9.17) is 22.4 Å². The molecule has 0 saturated carbocycles. The minimum absolute atomic E-state index is 0.0316. The van der Waals surface area contributed by atoms with Crippen LogP contribution in [0.3, 0.4) is 0 Å². The van der Waals surface area contributed by atoms with Gasteiger partial charge in [-0.15, -0.1) is 23.4 Å². The molecule has 0 aliphatic carbocycles. The number of β-lactam (4-membered cyclic amide) rings is 1. The topological polar surface area (TPSA) is 113 Å². The largest absolute Gasteiger partial charge is 0.477 e. The molecule has 2 rings (SSSR count). The van der Waals surface area contributed by atoms with E-state index in [0.717, 1.165) is 4.90 Å². The SMILES string of the molecule is N[C@]1(NC=O)C(=O)N2C(C(=O)O)=C(CCl)CS[C@@H]21. The summed E-state index contributed by atoms with van der Waals surface area (Å²) in [5.74, 6) is -1.48. The first-order valence-electron chi connectivity index (χ1n) is 4.94. The van der Waals surface area contributed by atoms with Crippen molar-refractivity contribution in [3.8, 4) is 0 Å². The Morgan fingerprint density at radius 2 is 2.44 bits per heavy atom. The summed E-state index contributed by atoms with van der Waals surface area (Å²) in [7, 11) is 0. The van der Waals surface area contributed by atoms with E-state index in [0.29, 0.717) is 17.7 Å². The van der Waals surface area contributed by atoms with Gasteiger partial charge in [-0.2, -0.15) is 0 Å². The number of alkyl halides is 1. The van der Waals surface area contributed by atoms with Gasteiger partial charge in [-0.1, -0.05) is 0 Å². The average molecular weight is 292 g/mol. The molecular formula is C9H10ClN3O4S. The molecule has 2 atom stereocenters. The van der Waals surface area contributed by atoms with Crippen LogP contribution in [0.4, 0.5) is 0 Å². The van der Waals surface area contributed by atoms with Gasteiger partial charge in [0.25, 0.3) is 5.91 Å². The van der Waals surface area contributed by atoms with E-state index in [-0.39, 0.29) is 11.6 Å². The smallest absolute Gasteiger partial charge is 0.352 e. The lowest BCUT2D eigenvalue weighted by Gasteiger charge is -2.54. The Morgan fingerprint density at radius 1 is 1.78 bits per heavy atom. The van der Waals surface area contributed by atoms with Crippen LogP contribution < -0.4 is 11.1 Å². The van der Waals surface area contributed by atoms with Crippen molar-refractivity contribution in [3.63, 3.8) is 0 Å². The molecule has 0 bridgehead atoms. The minimum Gasteiger partial charge on any atom is -0.477 e. The molecule has 0 aromatic rings. The van der Waals surface area contributed by atoms with E-state index in [1.54, 1.807) is 0 Å². The maximum atomic E-state index is 11.9. The number of halogens is 1. The van der Waals surface area contributed by atoms with Gasteiger partial charge in [0.15, 0.2) is 0 Å². The standard InChI is InChI=1S/C9H10ClN3O4S/c10-1-4-2-18-8-9(11,12-3-14)7(17)13(8)5(4)6(15)16/h3,8H,1-2,11H2,(H,12,14)(H,15,16)/t8-,9+/m1/s1. The number of carbonyl (C=O) groups excluding carboxylic acids is 2. The third-order valence-corrected chi connectivity index (χ3v) is 4.59. The second-order valence-electron chi connectivity index (χ2n) is 3.86. The fourth-order valence-corrected chi connectivity index (χ4v) is 3.69. The summed E-state index contributed by atoms with van der Waals surface area (Å²) in [4.78, 5) is 34.6. The van der Waals surface area contributed by atoms with Gasteiger partial charge < -0.3 is 10.4 Å². The minimum atomic E-state index is -1.54. The third-order valence-electron chi connectivity index (χ3n) is 2.85. The summed E-state index contributed by atoms with van der Waals surface area (Å²) in [5.41, 5.74) is 4.55. The fraction of sp³-hybridized carbons (Fsp3) is 0.444. The van der Waals surface area contributed by atoms with Gasteiger partial charge >= 0.3 is 5.97 Å². The Labute approximate surface area is 111 Å². The molecule has 7 nitrogen and oxygen atoms in total. The zero-order valence-corrected chi connectivity index (χ0v) is 10.6. The van der Waals surface area contributed by atoms with Crippen LogP contribution in [0.15, 0.2) is 11.3 Å². The van der Waals surface area contributed by atoms with E-state index in [1.165, 1.54) is 11.8 Å². The maximum Gasteiger partial charge on any atom is 0.352 e. The van der Waals surface area contributed by atoms with Crippen molar-refractivity contribution in [2.75, 3.05) is 11.6 Å². The van der Waals surface area contributed by atoms with E-state index in [9.17, 15) is 14.4 Å². The first-order valence-corrected chi connectivity index (χ1v) is 6.52. The monoisotopic (exact) mass is 291 g/mol. The van der Waals surface area contributed by atoms with Crippen molar-refractivity contribution < 1.29 is 19.5 Å². The summed E-state index contributed by atoms with van der Waals surface area (Å²) in [5, 5.41) is 10.7. The van der Waals surface area contributed by atoms with Crippen LogP contribution in [-0.2, 0) is 14.4 Å². The summed E-state index contributed by atoms with van der Waals surface area (Å²) in [6.45, 7) is 0. The molecule has 2 heterocycles. The van der Waals surface area contributed by atoms with Crippen LogP contribution >= 0.6 is 23.4 Å². The molecule has 9 heteroatoms. The second kappa shape index (κ2) is 4.45. The van der Waals surface area contributed by atoms with Gasteiger partial charge in [0.2, 0.25) is 12.1 Å². The van der Waals surface area contributed by atoms with Crippen LogP contribution in [0, 0.1) is 0 Å². The highest BCUT2D eigenvalue weighted by Gasteiger charge is 2.62. The molecule has 2 aliphatic heterocycles. The molecule has 4 N–H and O–H groups in total. The number of nitrogens with one attached hydrogen (secondary N) is 1. The quantitative estimate of drug-likeness (QED) is 0.262. The molecule has 98 valence electrons. The number of rotatable bonds is 4. The predicted molar refractivity (Wildman–Crippen MR) is 64.6 cm³/mol. The van der Waals surface area contributed by atoms with Crippen LogP contribution in [0.2, 0.25) is 0 Å². The van der Waals surface area contributed by atoms with Crippen molar-refractivity contribution in [1.82, 2.24) is 10.2 Å². The molecule has 0 aromatic heterocycles. The lowest BCUT2D eigenvalue weighted by atomic mass is 9.97. The third kappa shape index (κ3) is 1.60. The van der Waals surface area contributed by atoms with E-state index < -0.39 is 22.9 Å². The molecule has 1 saturated heterocycles.